The minimum Gasteiger partial charge on any atom is -0.453 e. The van der Waals surface area contributed by atoms with Gasteiger partial charge in [0.2, 0.25) is 6.29 Å². The van der Waals surface area contributed by atoms with Gasteiger partial charge in [0.25, 0.3) is 0 Å². The van der Waals surface area contributed by atoms with Crippen molar-refractivity contribution in [1.29, 1.82) is 0 Å². The van der Waals surface area contributed by atoms with E-state index in [1.54, 1.807) is 31.2 Å². The Morgan fingerprint density at radius 2 is 2.07 bits per heavy atom. The second-order valence-electron chi connectivity index (χ2n) is 2.80. The van der Waals surface area contributed by atoms with Crippen LogP contribution in [0.3, 0.4) is 0 Å². The third-order valence-corrected chi connectivity index (χ3v) is 1.64. The monoisotopic (exact) mass is 211 g/mol. The predicted molar refractivity (Wildman–Crippen MR) is 54.4 cm³/mol. The van der Waals surface area contributed by atoms with Crippen LogP contribution in [-0.2, 0) is 9.47 Å². The molecular weight excluding hydrogens is 198 g/mol. The zero-order chi connectivity index (χ0) is 11.3. The highest BCUT2D eigenvalue weighted by molar-refractivity contribution is 5.59. The van der Waals surface area contributed by atoms with Crippen molar-refractivity contribution in [3.63, 3.8) is 0 Å². The lowest BCUT2D eigenvalue weighted by Gasteiger charge is -2.15. The Morgan fingerprint density at radius 1 is 1.40 bits per heavy atom. The molecule has 0 heterocycles. The van der Waals surface area contributed by atoms with E-state index in [2.05, 4.69) is 4.74 Å². The molecule has 1 unspecified atom stereocenters. The van der Waals surface area contributed by atoms with Crippen LogP contribution in [0.15, 0.2) is 24.3 Å². The number of nitrogens with two attached hydrogens (primary N) is 1. The third-order valence-electron chi connectivity index (χ3n) is 1.64. The molecule has 1 aromatic rings. The first-order valence-electron chi connectivity index (χ1n) is 4.39. The molecule has 0 amide bonds. The number of hydrogen-bond donors (Lipinski definition) is 1. The number of nitrogen functional groups attached to an aromatic ring is 1. The standard InChI is InChI=1S/C10H13NO4/c1-7(15-10(12)13-2)14-9-6-4-3-5-8(9)11/h3-7H,11H2,1-2H3. The van der Waals surface area contributed by atoms with Crippen LogP contribution >= 0.6 is 0 Å². The highest BCUT2D eigenvalue weighted by Crippen LogP contribution is 2.21. The highest BCUT2D eigenvalue weighted by Gasteiger charge is 2.11. The summed E-state index contributed by atoms with van der Waals surface area (Å²) in [5.74, 6) is 0.467. The molecule has 82 valence electrons. The van der Waals surface area contributed by atoms with Crippen molar-refractivity contribution in [1.82, 2.24) is 0 Å². The molecule has 15 heavy (non-hydrogen) atoms. The maximum absolute atomic E-state index is 10.7. The molecule has 2 N–H and O–H groups in total. The average molecular weight is 211 g/mol. The molecule has 0 radical (unpaired) electrons. The van der Waals surface area contributed by atoms with Crippen molar-refractivity contribution in [2.24, 2.45) is 0 Å². The molecule has 1 aromatic carbocycles. The minimum absolute atomic E-state index is 0.467. The van der Waals surface area contributed by atoms with E-state index in [0.717, 1.165) is 0 Å². The summed E-state index contributed by atoms with van der Waals surface area (Å²) in [6.45, 7) is 1.57. The number of anilines is 1. The third kappa shape index (κ3) is 3.38. The molecule has 0 aliphatic rings. The SMILES string of the molecule is COC(=O)OC(C)Oc1ccccc1N. The van der Waals surface area contributed by atoms with Gasteiger partial charge in [-0.2, -0.15) is 0 Å². The number of ether oxygens (including phenoxy) is 3. The molecule has 0 saturated carbocycles. The number of carbonyl (C=O) groups is 1. The van der Waals surface area contributed by atoms with Gasteiger partial charge in [0.05, 0.1) is 12.8 Å². The van der Waals surface area contributed by atoms with E-state index >= 15 is 0 Å². The Balaban J connectivity index is 2.55. The quantitative estimate of drug-likeness (QED) is 0.468. The number of benzene rings is 1. The van der Waals surface area contributed by atoms with Gasteiger partial charge in [-0.3, -0.25) is 0 Å². The van der Waals surface area contributed by atoms with Crippen molar-refractivity contribution in [2.75, 3.05) is 12.8 Å². The molecule has 1 rings (SSSR count). The summed E-state index contributed by atoms with van der Waals surface area (Å²) in [5.41, 5.74) is 6.12. The summed E-state index contributed by atoms with van der Waals surface area (Å²) >= 11 is 0. The van der Waals surface area contributed by atoms with Crippen LogP contribution in [-0.4, -0.2) is 19.6 Å². The molecule has 0 aromatic heterocycles. The van der Waals surface area contributed by atoms with Crippen LogP contribution in [0.25, 0.3) is 0 Å². The van der Waals surface area contributed by atoms with Crippen molar-refractivity contribution < 1.29 is 19.0 Å². The summed E-state index contributed by atoms with van der Waals surface area (Å²) in [4.78, 5) is 10.7. The molecular formula is C10H13NO4. The molecule has 0 aliphatic heterocycles. The van der Waals surface area contributed by atoms with Gasteiger partial charge in [-0.25, -0.2) is 4.79 Å². The van der Waals surface area contributed by atoms with Crippen LogP contribution in [0.1, 0.15) is 6.92 Å². The number of rotatable bonds is 3. The fourth-order valence-corrected chi connectivity index (χ4v) is 0.974. The van der Waals surface area contributed by atoms with Gasteiger partial charge in [-0.1, -0.05) is 12.1 Å². The lowest BCUT2D eigenvalue weighted by atomic mass is 10.3. The molecule has 1 atom stereocenters. The van der Waals surface area contributed by atoms with E-state index in [0.29, 0.717) is 11.4 Å². The smallest absolute Gasteiger partial charge is 0.453 e. The van der Waals surface area contributed by atoms with Crippen LogP contribution in [0.5, 0.6) is 5.75 Å². The van der Waals surface area contributed by atoms with Crippen molar-refractivity contribution in [3.8, 4) is 5.75 Å². The fourth-order valence-electron chi connectivity index (χ4n) is 0.974. The number of carbonyl (C=O) groups excluding carboxylic acids is 1. The molecule has 5 nitrogen and oxygen atoms in total. The van der Waals surface area contributed by atoms with Gasteiger partial charge >= 0.3 is 6.16 Å². The highest BCUT2D eigenvalue weighted by atomic mass is 16.8. The van der Waals surface area contributed by atoms with Crippen LogP contribution in [0, 0.1) is 0 Å². The van der Waals surface area contributed by atoms with E-state index in [1.165, 1.54) is 7.11 Å². The molecule has 0 bridgehead atoms. The molecule has 0 saturated heterocycles. The van der Waals surface area contributed by atoms with Gasteiger partial charge < -0.3 is 19.9 Å². The normalized spacial score (nSPS) is 11.6. The Morgan fingerprint density at radius 3 is 2.67 bits per heavy atom. The first-order chi connectivity index (χ1) is 7.13. The average Bonchev–Trinajstić information content (AvgIpc) is 2.21. The Bertz CT molecular complexity index is 340. The van der Waals surface area contributed by atoms with Gasteiger partial charge in [0.1, 0.15) is 5.75 Å². The van der Waals surface area contributed by atoms with Gasteiger partial charge in [-0.15, -0.1) is 0 Å². The van der Waals surface area contributed by atoms with Gasteiger partial charge in [-0.05, 0) is 12.1 Å². The molecule has 0 fully saturated rings. The number of para-hydroxylation sites is 2. The summed E-state index contributed by atoms with van der Waals surface area (Å²) in [6, 6.07) is 6.94. The predicted octanol–water partition coefficient (Wildman–Crippen LogP) is 1.78. The molecule has 0 aliphatic carbocycles. The lowest BCUT2D eigenvalue weighted by Crippen LogP contribution is -2.21. The Hall–Kier alpha value is -1.91. The van der Waals surface area contributed by atoms with E-state index in [1.807, 2.05) is 0 Å². The van der Waals surface area contributed by atoms with Crippen LogP contribution in [0.2, 0.25) is 0 Å². The van der Waals surface area contributed by atoms with Crippen molar-refractivity contribution >= 4 is 11.8 Å². The molecule has 5 heteroatoms. The van der Waals surface area contributed by atoms with E-state index in [4.69, 9.17) is 15.2 Å². The van der Waals surface area contributed by atoms with E-state index < -0.39 is 12.4 Å². The van der Waals surface area contributed by atoms with Gasteiger partial charge in [0.15, 0.2) is 0 Å². The fraction of sp³-hybridized carbons (Fsp3) is 0.300. The van der Waals surface area contributed by atoms with E-state index in [-0.39, 0.29) is 0 Å². The van der Waals surface area contributed by atoms with Crippen LogP contribution < -0.4 is 10.5 Å². The van der Waals surface area contributed by atoms with Crippen LogP contribution in [0.4, 0.5) is 10.5 Å². The summed E-state index contributed by atoms with van der Waals surface area (Å²) < 4.78 is 14.3. The minimum atomic E-state index is -0.794. The Labute approximate surface area is 87.7 Å². The van der Waals surface area contributed by atoms with Gasteiger partial charge in [0, 0.05) is 6.92 Å². The summed E-state index contributed by atoms with van der Waals surface area (Å²) in [6.07, 6.45) is -1.54. The second-order valence-corrected chi connectivity index (χ2v) is 2.80. The van der Waals surface area contributed by atoms with Crippen molar-refractivity contribution in [3.05, 3.63) is 24.3 Å². The largest absolute Gasteiger partial charge is 0.511 e. The number of hydrogen-bond acceptors (Lipinski definition) is 5. The zero-order valence-corrected chi connectivity index (χ0v) is 8.60. The first kappa shape index (κ1) is 11.2. The topological polar surface area (TPSA) is 70.8 Å². The Kier molecular flexibility index (Phi) is 3.79. The number of methoxy groups -OCH3 is 1. The maximum atomic E-state index is 10.7. The lowest BCUT2D eigenvalue weighted by molar-refractivity contribution is -0.0467. The first-order valence-corrected chi connectivity index (χ1v) is 4.39. The summed E-state index contributed by atoms with van der Waals surface area (Å²) in [5, 5.41) is 0. The summed E-state index contributed by atoms with van der Waals surface area (Å²) in [7, 11) is 1.23. The second kappa shape index (κ2) is 5.09. The van der Waals surface area contributed by atoms with E-state index in [9.17, 15) is 4.79 Å². The molecule has 0 spiro atoms. The maximum Gasteiger partial charge on any atom is 0.511 e. The zero-order valence-electron chi connectivity index (χ0n) is 8.60. The van der Waals surface area contributed by atoms with Crippen molar-refractivity contribution in [2.45, 2.75) is 13.2 Å².